The van der Waals surface area contributed by atoms with Crippen LogP contribution in [-0.4, -0.2) is 40.1 Å². The Labute approximate surface area is 228 Å². The van der Waals surface area contributed by atoms with Crippen molar-refractivity contribution in [1.29, 1.82) is 0 Å². The van der Waals surface area contributed by atoms with Gasteiger partial charge in [-0.25, -0.2) is 9.37 Å². The largest absolute Gasteiger partial charge is 0.469 e. The molecule has 1 saturated carbocycles. The SMILES string of the molecule is COC(=O)[C@H]1CC[C@@]2(C[C@@H](c3cc(-n4cncc4C(F)(F)F)ccc3SC(C)C)CO2)[C@@H]1c1ccc(F)cc1. The zero-order valence-electron chi connectivity index (χ0n) is 21.9. The molecule has 1 aromatic heterocycles. The van der Waals surface area contributed by atoms with E-state index in [1.807, 2.05) is 6.07 Å². The molecule has 2 fully saturated rings. The average Bonchev–Trinajstić information content (AvgIpc) is 3.63. The van der Waals surface area contributed by atoms with Gasteiger partial charge >= 0.3 is 12.1 Å². The standard InChI is InChI=1S/C29H30F4N2O3S/c1-17(2)39-24-9-8-21(35-16-34-14-25(35)29(31,32)33)12-23(24)19-13-28(38-15-19)11-10-22(27(36)37-3)26(28)18-4-6-20(30)7-5-18/h4-9,12,14,16-17,19,22,26H,10-11,13,15H2,1-3H3/t19-,22+,26-,28-/m1/s1. The van der Waals surface area contributed by atoms with Crippen LogP contribution in [-0.2, 0) is 20.4 Å². The van der Waals surface area contributed by atoms with Gasteiger partial charge in [0.05, 0.1) is 37.8 Å². The third kappa shape index (κ3) is 5.33. The quantitative estimate of drug-likeness (QED) is 0.182. The van der Waals surface area contributed by atoms with E-state index in [0.717, 1.165) is 26.8 Å². The number of halogens is 4. The summed E-state index contributed by atoms with van der Waals surface area (Å²) >= 11 is 1.65. The van der Waals surface area contributed by atoms with Crippen molar-refractivity contribution in [1.82, 2.24) is 9.55 Å². The van der Waals surface area contributed by atoms with Gasteiger partial charge in [-0.15, -0.1) is 11.8 Å². The van der Waals surface area contributed by atoms with Gasteiger partial charge in [0.2, 0.25) is 0 Å². The summed E-state index contributed by atoms with van der Waals surface area (Å²) in [5, 5.41) is 0.256. The minimum absolute atomic E-state index is 0.108. The van der Waals surface area contributed by atoms with Crippen molar-refractivity contribution in [2.24, 2.45) is 5.92 Å². The van der Waals surface area contributed by atoms with Crippen molar-refractivity contribution in [3.05, 3.63) is 77.6 Å². The lowest BCUT2D eigenvalue weighted by Crippen LogP contribution is -2.35. The fourth-order valence-electron chi connectivity index (χ4n) is 6.17. The van der Waals surface area contributed by atoms with Crippen molar-refractivity contribution in [3.8, 4) is 5.69 Å². The Balaban J connectivity index is 1.54. The highest BCUT2D eigenvalue weighted by atomic mass is 32.2. The number of alkyl halides is 3. The van der Waals surface area contributed by atoms with Crippen LogP contribution in [0.4, 0.5) is 17.6 Å². The molecule has 0 N–H and O–H groups in total. The molecular weight excluding hydrogens is 532 g/mol. The number of aromatic nitrogens is 2. The van der Waals surface area contributed by atoms with Crippen molar-refractivity contribution in [3.63, 3.8) is 0 Å². The molecule has 2 aliphatic rings. The van der Waals surface area contributed by atoms with Crippen LogP contribution in [0.3, 0.4) is 0 Å². The molecule has 5 rings (SSSR count). The van der Waals surface area contributed by atoms with E-state index >= 15 is 0 Å². The molecule has 3 aromatic rings. The number of carbonyl (C=O) groups is 1. The van der Waals surface area contributed by atoms with Crippen LogP contribution in [0.15, 0.2) is 59.9 Å². The molecule has 1 aliphatic heterocycles. The summed E-state index contributed by atoms with van der Waals surface area (Å²) < 4.78 is 67.4. The lowest BCUT2D eigenvalue weighted by Gasteiger charge is -2.33. The fourth-order valence-corrected chi connectivity index (χ4v) is 7.18. The average molecular weight is 563 g/mol. The van der Waals surface area contributed by atoms with E-state index < -0.39 is 23.4 Å². The number of nitrogens with zero attached hydrogens (tertiary/aromatic N) is 2. The Hall–Kier alpha value is -2.85. The number of benzene rings is 2. The predicted molar refractivity (Wildman–Crippen MR) is 139 cm³/mol. The summed E-state index contributed by atoms with van der Waals surface area (Å²) in [6.45, 7) is 4.49. The van der Waals surface area contributed by atoms with Gasteiger partial charge in [0.1, 0.15) is 11.5 Å². The number of rotatable bonds is 6. The number of hydrogen-bond acceptors (Lipinski definition) is 5. The smallest absolute Gasteiger partial charge is 0.433 e. The molecule has 39 heavy (non-hydrogen) atoms. The Morgan fingerprint density at radius 1 is 1.21 bits per heavy atom. The van der Waals surface area contributed by atoms with E-state index in [0.29, 0.717) is 31.6 Å². The molecule has 1 spiro atoms. The number of carbonyl (C=O) groups excluding carboxylic acids is 1. The van der Waals surface area contributed by atoms with Gasteiger partial charge < -0.3 is 9.47 Å². The van der Waals surface area contributed by atoms with Gasteiger partial charge in [-0.05, 0) is 60.7 Å². The molecule has 2 heterocycles. The van der Waals surface area contributed by atoms with Crippen LogP contribution in [0.2, 0.25) is 0 Å². The molecule has 0 amide bonds. The van der Waals surface area contributed by atoms with Gasteiger partial charge in [-0.1, -0.05) is 26.0 Å². The summed E-state index contributed by atoms with van der Waals surface area (Å²) in [7, 11) is 1.36. The van der Waals surface area contributed by atoms with Gasteiger partial charge in [0.25, 0.3) is 0 Å². The normalized spacial score (nSPS) is 25.1. The van der Waals surface area contributed by atoms with Crippen molar-refractivity contribution >= 4 is 17.7 Å². The van der Waals surface area contributed by atoms with E-state index in [4.69, 9.17) is 9.47 Å². The Morgan fingerprint density at radius 2 is 1.95 bits per heavy atom. The Kier molecular flexibility index (Phi) is 7.54. The first-order chi connectivity index (χ1) is 18.5. The third-order valence-corrected chi connectivity index (χ3v) is 8.84. The summed E-state index contributed by atoms with van der Waals surface area (Å²) in [5.41, 5.74) is 0.569. The van der Waals surface area contributed by atoms with Crippen LogP contribution in [0.25, 0.3) is 5.69 Å². The summed E-state index contributed by atoms with van der Waals surface area (Å²) in [6, 6.07) is 11.5. The maximum atomic E-state index is 13.8. The van der Waals surface area contributed by atoms with Crippen molar-refractivity contribution in [2.75, 3.05) is 13.7 Å². The van der Waals surface area contributed by atoms with Crippen molar-refractivity contribution in [2.45, 2.75) is 66.9 Å². The third-order valence-electron chi connectivity index (χ3n) is 7.75. The maximum Gasteiger partial charge on any atom is 0.433 e. The van der Waals surface area contributed by atoms with Crippen molar-refractivity contribution < 1.29 is 31.8 Å². The first-order valence-electron chi connectivity index (χ1n) is 12.9. The van der Waals surface area contributed by atoms with E-state index in [1.165, 1.54) is 25.6 Å². The van der Waals surface area contributed by atoms with E-state index in [-0.39, 0.29) is 28.9 Å². The molecule has 0 radical (unpaired) electrons. The minimum Gasteiger partial charge on any atom is -0.469 e. The second-order valence-electron chi connectivity index (χ2n) is 10.5. The zero-order chi connectivity index (χ0) is 27.9. The zero-order valence-corrected chi connectivity index (χ0v) is 22.7. The monoisotopic (exact) mass is 562 g/mol. The highest BCUT2D eigenvalue weighted by molar-refractivity contribution is 8.00. The molecular formula is C29H30F4N2O3S. The van der Waals surface area contributed by atoms with Crippen LogP contribution >= 0.6 is 11.8 Å². The number of hydrogen-bond donors (Lipinski definition) is 0. The lowest BCUT2D eigenvalue weighted by atomic mass is 9.76. The molecule has 0 bridgehead atoms. The minimum atomic E-state index is -4.54. The van der Waals surface area contributed by atoms with E-state index in [2.05, 4.69) is 18.8 Å². The molecule has 0 unspecified atom stereocenters. The highest BCUT2D eigenvalue weighted by Gasteiger charge is 2.56. The Morgan fingerprint density at radius 3 is 2.62 bits per heavy atom. The number of imidazole rings is 1. The first kappa shape index (κ1) is 27.7. The van der Waals surface area contributed by atoms with Gasteiger partial charge in [-0.2, -0.15) is 13.2 Å². The van der Waals surface area contributed by atoms with E-state index in [1.54, 1.807) is 36.0 Å². The van der Waals surface area contributed by atoms with Crippen LogP contribution < -0.4 is 0 Å². The second kappa shape index (κ2) is 10.6. The first-order valence-corrected chi connectivity index (χ1v) is 13.8. The van der Waals surface area contributed by atoms with Gasteiger partial charge in [0, 0.05) is 27.7 Å². The van der Waals surface area contributed by atoms with Gasteiger partial charge in [0.15, 0.2) is 0 Å². The fraction of sp³-hybridized carbons (Fsp3) is 0.448. The molecule has 2 aromatic carbocycles. The summed E-state index contributed by atoms with van der Waals surface area (Å²) in [4.78, 5) is 17.5. The number of methoxy groups -OCH3 is 1. The lowest BCUT2D eigenvalue weighted by molar-refractivity contribution is -0.147. The number of ether oxygens (including phenoxy) is 2. The molecule has 1 aliphatic carbocycles. The number of esters is 1. The molecule has 4 atom stereocenters. The molecule has 208 valence electrons. The number of thioether (sulfide) groups is 1. The summed E-state index contributed by atoms with van der Waals surface area (Å²) in [6.07, 6.45) is -0.781. The van der Waals surface area contributed by atoms with Crippen LogP contribution in [0.5, 0.6) is 0 Å². The maximum absolute atomic E-state index is 13.8. The molecule has 10 heteroatoms. The summed E-state index contributed by atoms with van der Waals surface area (Å²) in [5.74, 6) is -1.56. The van der Waals surface area contributed by atoms with Gasteiger partial charge in [-0.3, -0.25) is 9.36 Å². The highest BCUT2D eigenvalue weighted by Crippen LogP contribution is 2.57. The predicted octanol–water partition coefficient (Wildman–Crippen LogP) is 7.14. The Bertz CT molecular complexity index is 1340. The molecule has 5 nitrogen and oxygen atoms in total. The second-order valence-corrected chi connectivity index (χ2v) is 12.1. The molecule has 1 saturated heterocycles. The van der Waals surface area contributed by atoms with E-state index in [9.17, 15) is 22.4 Å². The van der Waals surface area contributed by atoms with Crippen LogP contribution in [0.1, 0.15) is 61.8 Å². The topological polar surface area (TPSA) is 53.4 Å². The van der Waals surface area contributed by atoms with Crippen LogP contribution in [0, 0.1) is 11.7 Å².